The van der Waals surface area contributed by atoms with Gasteiger partial charge in [-0.3, -0.25) is 9.59 Å². The Balaban J connectivity index is 1.80. The number of carbonyl (C=O) groups excluding carboxylic acids is 2. The highest BCUT2D eigenvalue weighted by molar-refractivity contribution is 9.10. The third kappa shape index (κ3) is 6.52. The van der Waals surface area contributed by atoms with Crippen LogP contribution in [0, 0.1) is 5.41 Å². The van der Waals surface area contributed by atoms with Crippen LogP contribution >= 0.6 is 15.9 Å². The first-order chi connectivity index (χ1) is 12.2. The molecule has 2 aromatic rings. The molecule has 0 saturated carbocycles. The molecule has 2 aromatic carbocycles. The van der Waals surface area contributed by atoms with E-state index < -0.39 is 5.41 Å². The Bertz CT molecular complexity index is 750. The molecule has 0 saturated heterocycles. The van der Waals surface area contributed by atoms with Gasteiger partial charge in [-0.1, -0.05) is 36.7 Å². The van der Waals surface area contributed by atoms with Gasteiger partial charge in [0.15, 0.2) is 0 Å². The lowest BCUT2D eigenvalue weighted by Crippen LogP contribution is -2.36. The number of hydrogen-bond donors (Lipinski definition) is 2. The highest BCUT2D eigenvalue weighted by Gasteiger charge is 2.20. The summed E-state index contributed by atoms with van der Waals surface area (Å²) in [7, 11) is 0. The Morgan fingerprint density at radius 2 is 1.50 bits per heavy atom. The quantitative estimate of drug-likeness (QED) is 0.711. The van der Waals surface area contributed by atoms with Gasteiger partial charge < -0.3 is 15.4 Å². The molecule has 0 unspecified atom stereocenters. The van der Waals surface area contributed by atoms with Crippen LogP contribution in [-0.4, -0.2) is 18.4 Å². The highest BCUT2D eigenvalue weighted by atomic mass is 79.9. The minimum atomic E-state index is -0.457. The average Bonchev–Trinajstić information content (AvgIpc) is 2.58. The van der Waals surface area contributed by atoms with Crippen molar-refractivity contribution < 1.29 is 14.3 Å². The van der Waals surface area contributed by atoms with E-state index >= 15 is 0 Å². The van der Waals surface area contributed by atoms with Gasteiger partial charge in [0.2, 0.25) is 11.8 Å². The van der Waals surface area contributed by atoms with Gasteiger partial charge in [0.25, 0.3) is 0 Å². The maximum absolute atomic E-state index is 12.0. The van der Waals surface area contributed by atoms with Gasteiger partial charge in [0.1, 0.15) is 11.5 Å². The van der Waals surface area contributed by atoms with Crippen LogP contribution in [0.5, 0.6) is 11.5 Å². The number of anilines is 1. The lowest BCUT2D eigenvalue weighted by molar-refractivity contribution is -0.128. The number of rotatable bonds is 6. The number of hydrogen-bond acceptors (Lipinski definition) is 3. The molecule has 2 amide bonds. The van der Waals surface area contributed by atoms with Crippen molar-refractivity contribution in [3.05, 3.63) is 53.0 Å². The van der Waals surface area contributed by atoms with Crippen molar-refractivity contribution in [3.63, 3.8) is 0 Å². The van der Waals surface area contributed by atoms with Crippen LogP contribution in [0.25, 0.3) is 0 Å². The van der Waals surface area contributed by atoms with E-state index in [1.165, 1.54) is 0 Å². The molecule has 0 radical (unpaired) electrons. The van der Waals surface area contributed by atoms with E-state index in [-0.39, 0.29) is 18.2 Å². The fourth-order valence-corrected chi connectivity index (χ4v) is 2.29. The summed E-state index contributed by atoms with van der Waals surface area (Å²) < 4.78 is 6.72. The minimum Gasteiger partial charge on any atom is -0.457 e. The number of ether oxygens (including phenoxy) is 1. The molecule has 0 atom stereocenters. The maximum Gasteiger partial charge on any atom is 0.226 e. The lowest BCUT2D eigenvalue weighted by atomic mass is 9.96. The van der Waals surface area contributed by atoms with Gasteiger partial charge in [-0.2, -0.15) is 0 Å². The van der Waals surface area contributed by atoms with Crippen molar-refractivity contribution in [1.29, 1.82) is 0 Å². The summed E-state index contributed by atoms with van der Waals surface area (Å²) >= 11 is 3.38. The van der Waals surface area contributed by atoms with E-state index in [0.717, 1.165) is 10.2 Å². The molecule has 2 rings (SSSR count). The van der Waals surface area contributed by atoms with Gasteiger partial charge in [0, 0.05) is 28.5 Å². The topological polar surface area (TPSA) is 67.4 Å². The fraction of sp³-hybridized carbons (Fsp3) is 0.300. The van der Waals surface area contributed by atoms with Crippen molar-refractivity contribution in [2.24, 2.45) is 5.41 Å². The standard InChI is InChI=1S/C20H23BrN2O3/c1-20(2,3)19(25)22-13-12-18(24)23-15-6-10-17(11-7-15)26-16-8-4-14(21)5-9-16/h4-11H,12-13H2,1-3H3,(H,22,25)(H,23,24). The summed E-state index contributed by atoms with van der Waals surface area (Å²) in [6.07, 6.45) is 0.221. The summed E-state index contributed by atoms with van der Waals surface area (Å²) in [6.45, 7) is 5.81. The normalized spacial score (nSPS) is 10.9. The van der Waals surface area contributed by atoms with Gasteiger partial charge >= 0.3 is 0 Å². The number of amides is 2. The zero-order chi connectivity index (χ0) is 19.2. The second kappa shape index (κ2) is 8.85. The van der Waals surface area contributed by atoms with E-state index in [1.54, 1.807) is 24.3 Å². The lowest BCUT2D eigenvalue weighted by Gasteiger charge is -2.17. The third-order valence-electron chi connectivity index (χ3n) is 3.51. The zero-order valence-electron chi connectivity index (χ0n) is 15.1. The monoisotopic (exact) mass is 418 g/mol. The molecule has 0 aliphatic heterocycles. The maximum atomic E-state index is 12.0. The molecule has 6 heteroatoms. The minimum absolute atomic E-state index is 0.0697. The molecule has 0 bridgehead atoms. The van der Waals surface area contributed by atoms with E-state index in [2.05, 4.69) is 26.6 Å². The van der Waals surface area contributed by atoms with Gasteiger partial charge in [-0.15, -0.1) is 0 Å². The van der Waals surface area contributed by atoms with Crippen LogP contribution in [0.3, 0.4) is 0 Å². The summed E-state index contributed by atoms with van der Waals surface area (Å²) in [5.41, 5.74) is 0.224. The summed E-state index contributed by atoms with van der Waals surface area (Å²) in [5, 5.41) is 5.56. The van der Waals surface area contributed by atoms with Crippen LogP contribution in [0.1, 0.15) is 27.2 Å². The first-order valence-corrected chi connectivity index (χ1v) is 9.15. The number of halogens is 1. The molecule has 0 aliphatic rings. The molecule has 26 heavy (non-hydrogen) atoms. The van der Waals surface area contributed by atoms with Crippen molar-refractivity contribution in [1.82, 2.24) is 5.32 Å². The Kier molecular flexibility index (Phi) is 6.80. The average molecular weight is 419 g/mol. The van der Waals surface area contributed by atoms with Crippen molar-refractivity contribution in [2.45, 2.75) is 27.2 Å². The van der Waals surface area contributed by atoms with Crippen molar-refractivity contribution in [2.75, 3.05) is 11.9 Å². The second-order valence-electron chi connectivity index (χ2n) is 6.88. The Morgan fingerprint density at radius 3 is 2.04 bits per heavy atom. The first kappa shape index (κ1) is 20.0. The molecule has 5 nitrogen and oxygen atoms in total. The number of nitrogens with one attached hydrogen (secondary N) is 2. The number of benzene rings is 2. The van der Waals surface area contributed by atoms with Gasteiger partial charge in [0.05, 0.1) is 0 Å². The van der Waals surface area contributed by atoms with Crippen LogP contribution in [0.2, 0.25) is 0 Å². The largest absolute Gasteiger partial charge is 0.457 e. The predicted molar refractivity (Wildman–Crippen MR) is 106 cm³/mol. The summed E-state index contributed by atoms with van der Waals surface area (Å²) in [4.78, 5) is 23.7. The van der Waals surface area contributed by atoms with Crippen LogP contribution in [0.15, 0.2) is 53.0 Å². The molecule has 0 aromatic heterocycles. The third-order valence-corrected chi connectivity index (χ3v) is 4.03. The van der Waals surface area contributed by atoms with Crippen molar-refractivity contribution in [3.8, 4) is 11.5 Å². The van der Waals surface area contributed by atoms with Crippen LogP contribution in [-0.2, 0) is 9.59 Å². The molecular weight excluding hydrogens is 396 g/mol. The van der Waals surface area contributed by atoms with E-state index in [0.29, 0.717) is 18.0 Å². The second-order valence-corrected chi connectivity index (χ2v) is 7.80. The Hall–Kier alpha value is -2.34. The highest BCUT2D eigenvalue weighted by Crippen LogP contribution is 2.24. The summed E-state index contributed by atoms with van der Waals surface area (Å²) in [5.74, 6) is 1.20. The number of carbonyl (C=O) groups is 2. The molecule has 138 valence electrons. The molecular formula is C20H23BrN2O3. The first-order valence-electron chi connectivity index (χ1n) is 8.36. The zero-order valence-corrected chi connectivity index (χ0v) is 16.7. The van der Waals surface area contributed by atoms with E-state index in [1.807, 2.05) is 45.0 Å². The fourth-order valence-electron chi connectivity index (χ4n) is 2.02. The van der Waals surface area contributed by atoms with Crippen LogP contribution in [0.4, 0.5) is 5.69 Å². The smallest absolute Gasteiger partial charge is 0.226 e. The SMILES string of the molecule is CC(C)(C)C(=O)NCCC(=O)Nc1ccc(Oc2ccc(Br)cc2)cc1. The Labute approximate surface area is 162 Å². The van der Waals surface area contributed by atoms with Gasteiger partial charge in [-0.25, -0.2) is 0 Å². The van der Waals surface area contributed by atoms with Crippen LogP contribution < -0.4 is 15.4 Å². The molecule has 2 N–H and O–H groups in total. The molecule has 0 fully saturated rings. The van der Waals surface area contributed by atoms with Gasteiger partial charge in [-0.05, 0) is 48.5 Å². The molecule has 0 heterocycles. The van der Waals surface area contributed by atoms with E-state index in [4.69, 9.17) is 4.74 Å². The Morgan fingerprint density at radius 1 is 0.962 bits per heavy atom. The molecule has 0 aliphatic carbocycles. The summed E-state index contributed by atoms with van der Waals surface area (Å²) in [6, 6.07) is 14.7. The van der Waals surface area contributed by atoms with Crippen molar-refractivity contribution >= 4 is 33.4 Å². The molecule has 0 spiro atoms. The predicted octanol–water partition coefficient (Wildman–Crippen LogP) is 4.73. The van der Waals surface area contributed by atoms with E-state index in [9.17, 15) is 9.59 Å².